The molecule has 44 heteroatoms. The molecular formula is C46H48ClF6N12O21PS3. The number of sulfonamides is 2. The number of urea groups is 2. The molecule has 0 unspecified atom stereocenters. The van der Waals surface area contributed by atoms with Gasteiger partial charge in [-0.2, -0.15) is 59.7 Å². The van der Waals surface area contributed by atoms with E-state index in [1.54, 1.807) is 9.44 Å². The number of anilines is 2. The van der Waals surface area contributed by atoms with Crippen LogP contribution in [0.5, 0.6) is 29.3 Å². The number of benzene rings is 3. The third kappa shape index (κ3) is 24.8. The number of nitrogens with one attached hydrogen (secondary N) is 5. The summed E-state index contributed by atoms with van der Waals surface area (Å²) >= 11 is 5.72. The molecule has 0 radical (unpaired) electrons. The summed E-state index contributed by atoms with van der Waals surface area (Å²) < 4.78 is 182. The van der Waals surface area contributed by atoms with E-state index in [-0.39, 0.29) is 63.3 Å². The summed E-state index contributed by atoms with van der Waals surface area (Å²) in [5.41, 5.74) is -2.32. The maximum Gasteiger partial charge on any atom is 0.416 e. The largest absolute Gasteiger partial charge is 0.481 e. The molecule has 0 atom stereocenters. The molecule has 3 heterocycles. The maximum absolute atomic E-state index is 12.6. The zero-order valence-corrected chi connectivity index (χ0v) is 50.4. The molecule has 90 heavy (non-hydrogen) atoms. The minimum absolute atomic E-state index is 0.0612. The Morgan fingerprint density at radius 1 is 0.744 bits per heavy atom. The van der Waals surface area contributed by atoms with E-state index in [9.17, 15) is 85.5 Å². The van der Waals surface area contributed by atoms with Crippen LogP contribution in [0.2, 0.25) is 5.02 Å². The van der Waals surface area contributed by atoms with Crippen LogP contribution >= 0.6 is 19.2 Å². The second-order valence-corrected chi connectivity index (χ2v) is 24.2. The first-order chi connectivity index (χ1) is 41.6. The van der Waals surface area contributed by atoms with E-state index in [0.717, 1.165) is 48.7 Å². The third-order valence-corrected chi connectivity index (χ3v) is 15.6. The monoisotopic (exact) mass is 1380 g/mol. The second-order valence-electron chi connectivity index (χ2n) is 16.7. The van der Waals surface area contributed by atoms with Crippen LogP contribution in [0, 0.1) is 17.0 Å². The highest BCUT2D eigenvalue weighted by molar-refractivity contribution is 7.93. The molecule has 0 saturated carbocycles. The molecule has 6 aromatic rings. The van der Waals surface area contributed by atoms with E-state index < -0.39 is 136 Å². The number of carbonyl (C=O) groups excluding carboxylic acids is 2. The first kappa shape index (κ1) is 75.1. The van der Waals surface area contributed by atoms with Crippen molar-refractivity contribution in [3.63, 3.8) is 0 Å². The quantitative estimate of drug-likeness (QED) is 0.0174. The van der Waals surface area contributed by atoms with Crippen molar-refractivity contribution in [3.8, 4) is 29.3 Å². The van der Waals surface area contributed by atoms with E-state index in [4.69, 9.17) is 50.5 Å². The van der Waals surface area contributed by atoms with Crippen molar-refractivity contribution in [1.29, 1.82) is 0 Å². The minimum Gasteiger partial charge on any atom is -0.481 e. The smallest absolute Gasteiger partial charge is 0.416 e. The number of carboxylic acid groups (broad SMARTS) is 2. The van der Waals surface area contributed by atoms with Gasteiger partial charge in [0.25, 0.3) is 25.7 Å². The van der Waals surface area contributed by atoms with Gasteiger partial charge in [0.2, 0.25) is 23.7 Å². The number of carboxylic acids is 2. The van der Waals surface area contributed by atoms with Crippen LogP contribution in [-0.2, 0) is 51.8 Å². The molecule has 0 aliphatic rings. The number of nitro benzene ring substituents is 1. The van der Waals surface area contributed by atoms with Crippen LogP contribution in [0.4, 0.5) is 53.5 Å². The fourth-order valence-corrected chi connectivity index (χ4v) is 10.5. The molecule has 490 valence electrons. The average molecular weight is 1380 g/mol. The Bertz CT molecular complexity index is 3970. The van der Waals surface area contributed by atoms with Gasteiger partial charge in [-0.3, -0.25) is 35.4 Å². The fraction of sp³-hybridized carbons (Fsp3) is 0.261. The standard InChI is InChI=1S/C15H16F3N5O4S.C14H7ClF3NO5.C14H17N5O7S2.C3H8NO5P/c1-9-19-12(22-14(20-9)27-2)21-13(24)23-28(25,26)11-6-4-3-5-10(11)7-8-15(16,17)18;15-10-5-7(14(16,17)18)1-4-12(10)24-8-2-3-11(19(22)23)9(6-8)13(20)21;1-4-27(21,22)9-6-5-7-15-12(9)28(23,24)19-14(20)18-13-16-10(25-2)8-11(17-13)26-3;5-3(6)1-4-2-10(7,8)9/h3-6H,7-8H2,1-2H3,(H2,19,20,21,22,23,24);1-6H,(H,20,21);5-8H,4H2,1-3H3,(H2,16,17,18,19,20);4H,1-2H2,(H,5,6)(H2,7,8,9). The predicted molar refractivity (Wildman–Crippen MR) is 297 cm³/mol. The summed E-state index contributed by atoms with van der Waals surface area (Å²) in [7, 11) is -13.1. The number of aryl methyl sites for hydroxylation is 2. The number of hydrogen-bond donors (Lipinski definition) is 9. The Hall–Kier alpha value is -9.19. The van der Waals surface area contributed by atoms with Crippen molar-refractivity contribution in [1.82, 2.24) is 44.7 Å². The van der Waals surface area contributed by atoms with E-state index >= 15 is 0 Å². The summed E-state index contributed by atoms with van der Waals surface area (Å²) in [5, 5.41) is 32.9. The molecule has 4 amide bonds. The molecule has 0 spiro atoms. The lowest BCUT2D eigenvalue weighted by Gasteiger charge is -2.13. The molecule has 3 aromatic heterocycles. The number of halogens is 7. The summed E-state index contributed by atoms with van der Waals surface area (Å²) in [6, 6.07) is 11.6. The van der Waals surface area contributed by atoms with Gasteiger partial charge in [-0.15, -0.1) is 0 Å². The third-order valence-electron chi connectivity index (χ3n) is 10.0. The molecule has 0 bridgehead atoms. The number of pyridine rings is 1. The zero-order valence-electron chi connectivity index (χ0n) is 46.3. The van der Waals surface area contributed by atoms with Crippen molar-refractivity contribution in [2.24, 2.45) is 0 Å². The lowest BCUT2D eigenvalue weighted by molar-refractivity contribution is -0.385. The van der Waals surface area contributed by atoms with Gasteiger partial charge < -0.3 is 38.9 Å². The average Bonchev–Trinajstić information content (AvgIpc) is 0.849. The van der Waals surface area contributed by atoms with Crippen LogP contribution in [-0.4, -0.2) is 150 Å². The number of alkyl halides is 6. The van der Waals surface area contributed by atoms with Gasteiger partial charge >= 0.3 is 50.0 Å². The van der Waals surface area contributed by atoms with Gasteiger partial charge in [0, 0.05) is 24.8 Å². The number of sulfone groups is 1. The van der Waals surface area contributed by atoms with Crippen LogP contribution < -0.4 is 44.3 Å². The number of methoxy groups -OCH3 is 3. The van der Waals surface area contributed by atoms with Gasteiger partial charge in [-0.1, -0.05) is 36.7 Å². The summed E-state index contributed by atoms with van der Waals surface area (Å²) in [4.78, 5) is 92.8. The highest BCUT2D eigenvalue weighted by atomic mass is 35.5. The first-order valence-electron chi connectivity index (χ1n) is 23.9. The van der Waals surface area contributed by atoms with Crippen LogP contribution in [0.3, 0.4) is 0 Å². The van der Waals surface area contributed by atoms with Crippen LogP contribution in [0.1, 0.15) is 40.7 Å². The fourth-order valence-electron chi connectivity index (χ4n) is 6.20. The van der Waals surface area contributed by atoms with Gasteiger partial charge in [0.1, 0.15) is 27.8 Å². The number of nitrogens with zero attached hydrogens (tertiary/aromatic N) is 7. The number of aliphatic carboxylic acids is 1. The summed E-state index contributed by atoms with van der Waals surface area (Å²) in [6.45, 7) is 2.42. The van der Waals surface area contributed by atoms with Crippen molar-refractivity contribution in [2.45, 2.75) is 53.9 Å². The number of aromatic nitrogens is 6. The number of hydrogen-bond acceptors (Lipinski definition) is 24. The minimum atomic E-state index is -4.61. The molecule has 6 rings (SSSR count). The Morgan fingerprint density at radius 2 is 1.32 bits per heavy atom. The molecule has 33 nitrogen and oxygen atoms in total. The number of nitro groups is 1. The van der Waals surface area contributed by atoms with Gasteiger partial charge in [-0.05, 0) is 61.4 Å². The Balaban J connectivity index is 0.000000328. The number of ether oxygens (including phenoxy) is 4. The van der Waals surface area contributed by atoms with Crippen molar-refractivity contribution < 1.29 is 119 Å². The second kappa shape index (κ2) is 32.3. The van der Waals surface area contributed by atoms with E-state index in [1.165, 1.54) is 65.5 Å². The van der Waals surface area contributed by atoms with Gasteiger partial charge in [0.05, 0.1) is 66.4 Å². The Kier molecular flexibility index (Phi) is 27.0. The SMILES string of the molecule is CCS(=O)(=O)c1cccnc1S(=O)(=O)NC(=O)Nc1nc(OC)cc(OC)n1.COc1nc(C)nc(NC(=O)NS(=O)(=O)c2ccccc2CCC(F)(F)F)n1.O=C(O)CNCP(=O)(O)O.O=C(O)c1cc(Oc2ccc(C(F)(F)F)cc2Cl)ccc1[N+](=O)[O-]. The number of carbonyl (C=O) groups is 4. The highest BCUT2D eigenvalue weighted by Gasteiger charge is 2.33. The molecule has 0 aliphatic carbocycles. The van der Waals surface area contributed by atoms with Gasteiger partial charge in [-0.25, -0.2) is 45.6 Å². The van der Waals surface area contributed by atoms with Crippen LogP contribution in [0.15, 0.2) is 99.9 Å². The number of rotatable bonds is 21. The van der Waals surface area contributed by atoms with E-state index in [0.29, 0.717) is 6.07 Å². The Labute approximate surface area is 508 Å². The molecule has 9 N–H and O–H groups in total. The molecule has 0 aliphatic heterocycles. The summed E-state index contributed by atoms with van der Waals surface area (Å²) in [5.74, 6) is -3.55. The first-order valence-corrected chi connectivity index (χ1v) is 30.7. The van der Waals surface area contributed by atoms with Crippen molar-refractivity contribution in [3.05, 3.63) is 123 Å². The van der Waals surface area contributed by atoms with Gasteiger partial charge in [0.15, 0.2) is 14.9 Å². The molecule has 3 aromatic carbocycles. The topological polar surface area (TPSA) is 486 Å². The predicted octanol–water partition coefficient (Wildman–Crippen LogP) is 5.94. The molecule has 0 saturated heterocycles. The summed E-state index contributed by atoms with van der Waals surface area (Å²) in [6.07, 6.45) is -10.3. The zero-order chi connectivity index (χ0) is 68.2. The van der Waals surface area contributed by atoms with E-state index in [1.807, 2.05) is 0 Å². The highest BCUT2D eigenvalue weighted by Crippen LogP contribution is 2.37. The molecular weight excluding hydrogens is 1330 g/mol. The van der Waals surface area contributed by atoms with Crippen molar-refractivity contribution >= 4 is 90.7 Å². The molecule has 0 fully saturated rings. The Morgan fingerprint density at radius 3 is 1.83 bits per heavy atom. The lowest BCUT2D eigenvalue weighted by atomic mass is 10.1. The number of amides is 4. The number of aromatic carboxylic acids is 1. The van der Waals surface area contributed by atoms with Crippen molar-refractivity contribution in [2.75, 3.05) is 50.5 Å². The maximum atomic E-state index is 12.6. The van der Waals surface area contributed by atoms with Crippen LogP contribution in [0.25, 0.3) is 0 Å². The lowest BCUT2D eigenvalue weighted by Crippen LogP contribution is -2.36. The van der Waals surface area contributed by atoms with E-state index in [2.05, 4.69) is 45.9 Å². The normalized spacial score (nSPS) is 11.5.